The molecular formula is C25H23N5O3S2. The first kappa shape index (κ1) is 23.3. The fourth-order valence-electron chi connectivity index (χ4n) is 4.27. The molecular weight excluding hydrogens is 482 g/mol. The van der Waals surface area contributed by atoms with Gasteiger partial charge >= 0.3 is 0 Å². The average molecular weight is 506 g/mol. The summed E-state index contributed by atoms with van der Waals surface area (Å²) in [4.78, 5) is 55.4. The third kappa shape index (κ3) is 4.35. The molecule has 1 fully saturated rings. The van der Waals surface area contributed by atoms with Crippen LogP contribution in [-0.2, 0) is 4.79 Å². The molecule has 0 aliphatic carbocycles. The Kier molecular flexibility index (Phi) is 6.40. The molecule has 0 unspecified atom stereocenters. The summed E-state index contributed by atoms with van der Waals surface area (Å²) in [5.74, 6) is -1.18. The molecule has 0 atom stereocenters. The number of Topliss-reactive ketones (excluding diaryl/α,β-unsaturated/α-hetero) is 1. The molecule has 0 bridgehead atoms. The number of pyridine rings is 1. The number of nitrogens with zero attached hydrogens (tertiary/aromatic N) is 4. The molecule has 4 heterocycles. The zero-order valence-electron chi connectivity index (χ0n) is 19.3. The predicted octanol–water partition coefficient (Wildman–Crippen LogP) is 3.88. The fraction of sp³-hybridized carbons (Fsp3) is 0.240. The van der Waals surface area contributed by atoms with E-state index < -0.39 is 11.7 Å². The summed E-state index contributed by atoms with van der Waals surface area (Å²) in [7, 11) is 0. The summed E-state index contributed by atoms with van der Waals surface area (Å²) < 4.78 is 0.929. The lowest BCUT2D eigenvalue weighted by atomic mass is 10.0. The Balaban J connectivity index is 1.35. The molecule has 2 amide bonds. The Morgan fingerprint density at radius 1 is 1.00 bits per heavy atom. The molecule has 5 rings (SSSR count). The Morgan fingerprint density at radius 3 is 2.40 bits per heavy atom. The number of aromatic amines is 1. The van der Waals surface area contributed by atoms with Crippen LogP contribution in [0.1, 0.15) is 26.3 Å². The second-order valence-corrected chi connectivity index (χ2v) is 10.3. The highest BCUT2D eigenvalue weighted by molar-refractivity contribution is 8.00. The van der Waals surface area contributed by atoms with Crippen molar-refractivity contribution < 1.29 is 14.4 Å². The van der Waals surface area contributed by atoms with Gasteiger partial charge in [0.05, 0.1) is 16.0 Å². The highest BCUT2D eigenvalue weighted by Gasteiger charge is 2.31. The number of amides is 2. The lowest BCUT2D eigenvalue weighted by molar-refractivity contribution is -0.127. The number of thioether (sulfide) groups is 1. The van der Waals surface area contributed by atoms with Gasteiger partial charge in [-0.25, -0.2) is 4.98 Å². The number of piperazine rings is 1. The van der Waals surface area contributed by atoms with Gasteiger partial charge in [-0.2, -0.15) is 0 Å². The summed E-state index contributed by atoms with van der Waals surface area (Å²) in [6, 6.07) is 9.07. The number of aryl methyl sites for hydroxylation is 1. The number of ketones is 1. The van der Waals surface area contributed by atoms with E-state index in [1.807, 2.05) is 31.4 Å². The second kappa shape index (κ2) is 9.63. The van der Waals surface area contributed by atoms with Crippen LogP contribution >= 0.6 is 23.1 Å². The number of benzene rings is 1. The van der Waals surface area contributed by atoms with Crippen LogP contribution in [0.4, 0.5) is 0 Å². The summed E-state index contributed by atoms with van der Waals surface area (Å²) in [6.07, 6.45) is 7.06. The van der Waals surface area contributed by atoms with Crippen LogP contribution in [0.15, 0.2) is 53.3 Å². The highest BCUT2D eigenvalue weighted by atomic mass is 32.2. The third-order valence-electron chi connectivity index (χ3n) is 6.10. The molecule has 178 valence electrons. The molecule has 1 aliphatic rings. The molecule has 1 saturated heterocycles. The molecule has 1 aromatic carbocycles. The van der Waals surface area contributed by atoms with E-state index >= 15 is 0 Å². The number of hydrogen-bond donors (Lipinski definition) is 1. The van der Waals surface area contributed by atoms with Crippen LogP contribution in [0.2, 0.25) is 0 Å². The van der Waals surface area contributed by atoms with Crippen molar-refractivity contribution in [1.82, 2.24) is 24.8 Å². The number of fused-ring (bicyclic) bond motifs is 1. The monoisotopic (exact) mass is 505 g/mol. The molecule has 0 radical (unpaired) electrons. The van der Waals surface area contributed by atoms with Gasteiger partial charge in [0.2, 0.25) is 0 Å². The second-order valence-electron chi connectivity index (χ2n) is 8.22. The largest absolute Gasteiger partial charge is 0.359 e. The first-order chi connectivity index (χ1) is 17.0. The number of nitrogens with one attached hydrogen (secondary N) is 1. The van der Waals surface area contributed by atoms with Crippen molar-refractivity contribution >= 4 is 51.6 Å². The number of H-pyrrole nitrogens is 1. The van der Waals surface area contributed by atoms with Crippen LogP contribution in [0, 0.1) is 6.92 Å². The molecule has 0 spiro atoms. The maximum absolute atomic E-state index is 13.3. The smallest absolute Gasteiger partial charge is 0.295 e. The zero-order valence-corrected chi connectivity index (χ0v) is 20.9. The molecule has 35 heavy (non-hydrogen) atoms. The van der Waals surface area contributed by atoms with Gasteiger partial charge in [-0.3, -0.25) is 19.4 Å². The minimum atomic E-state index is -0.562. The quantitative estimate of drug-likeness (QED) is 0.251. The highest BCUT2D eigenvalue weighted by Crippen LogP contribution is 2.35. The maximum Gasteiger partial charge on any atom is 0.295 e. The Bertz CT molecular complexity index is 1420. The molecule has 0 saturated carbocycles. The minimum Gasteiger partial charge on any atom is -0.359 e. The van der Waals surface area contributed by atoms with Gasteiger partial charge in [-0.15, -0.1) is 11.3 Å². The van der Waals surface area contributed by atoms with Gasteiger partial charge in [-0.05, 0) is 30.9 Å². The van der Waals surface area contributed by atoms with Crippen molar-refractivity contribution in [3.63, 3.8) is 0 Å². The SMILES string of the molecule is CSc1ncc(-c2ncc(C)c3c(C(=O)C(=O)N4CCN(C(=O)c5ccccc5)CC4)c[nH]c23)s1. The minimum absolute atomic E-state index is 0.0657. The molecule has 1 aliphatic heterocycles. The number of aromatic nitrogens is 3. The maximum atomic E-state index is 13.3. The van der Waals surface area contributed by atoms with E-state index in [0.717, 1.165) is 20.3 Å². The van der Waals surface area contributed by atoms with E-state index in [4.69, 9.17) is 0 Å². The predicted molar refractivity (Wildman–Crippen MR) is 137 cm³/mol. The van der Waals surface area contributed by atoms with Crippen molar-refractivity contribution in [2.45, 2.75) is 11.3 Å². The molecule has 8 nitrogen and oxygen atoms in total. The van der Waals surface area contributed by atoms with Crippen LogP contribution in [-0.4, -0.2) is 74.8 Å². The van der Waals surface area contributed by atoms with Crippen LogP contribution in [0.3, 0.4) is 0 Å². The normalized spacial score (nSPS) is 13.9. The van der Waals surface area contributed by atoms with Gasteiger partial charge in [0, 0.05) is 55.7 Å². The van der Waals surface area contributed by atoms with Crippen molar-refractivity contribution in [1.29, 1.82) is 0 Å². The Morgan fingerprint density at radius 2 is 1.71 bits per heavy atom. The summed E-state index contributed by atoms with van der Waals surface area (Å²) in [5, 5.41) is 0.699. The summed E-state index contributed by atoms with van der Waals surface area (Å²) in [5.41, 5.74) is 3.20. The van der Waals surface area contributed by atoms with Crippen molar-refractivity contribution in [2.24, 2.45) is 0 Å². The Hall–Kier alpha value is -3.50. The summed E-state index contributed by atoms with van der Waals surface area (Å²) in [6.45, 7) is 3.28. The number of rotatable bonds is 5. The number of thiazole rings is 1. The lowest BCUT2D eigenvalue weighted by Crippen LogP contribution is -2.52. The van der Waals surface area contributed by atoms with Crippen LogP contribution < -0.4 is 0 Å². The third-order valence-corrected chi connectivity index (χ3v) is 8.11. The number of hydrogen-bond acceptors (Lipinski definition) is 7. The van der Waals surface area contributed by atoms with Gasteiger partial charge in [-0.1, -0.05) is 30.0 Å². The first-order valence-electron chi connectivity index (χ1n) is 11.1. The van der Waals surface area contributed by atoms with E-state index in [0.29, 0.717) is 48.4 Å². The van der Waals surface area contributed by atoms with Gasteiger partial charge in [0.1, 0.15) is 10.0 Å². The van der Waals surface area contributed by atoms with E-state index in [1.54, 1.807) is 47.4 Å². The summed E-state index contributed by atoms with van der Waals surface area (Å²) >= 11 is 3.10. The average Bonchev–Trinajstić information content (AvgIpc) is 3.57. The van der Waals surface area contributed by atoms with Gasteiger partial charge in [0.25, 0.3) is 17.6 Å². The number of carbonyl (C=O) groups is 3. The van der Waals surface area contributed by atoms with Crippen LogP contribution in [0.5, 0.6) is 0 Å². The molecule has 3 aromatic heterocycles. The van der Waals surface area contributed by atoms with E-state index in [-0.39, 0.29) is 5.91 Å². The van der Waals surface area contributed by atoms with E-state index in [9.17, 15) is 14.4 Å². The zero-order chi connectivity index (χ0) is 24.5. The molecule has 4 aromatic rings. The van der Waals surface area contributed by atoms with E-state index in [2.05, 4.69) is 15.0 Å². The lowest BCUT2D eigenvalue weighted by Gasteiger charge is -2.34. The van der Waals surface area contributed by atoms with Crippen molar-refractivity contribution in [3.05, 3.63) is 65.6 Å². The standard InChI is InChI=1S/C25H23N5O3S2/c1-15-12-26-20(18-14-28-25(34-2)35-18)21-19(15)17(13-27-21)22(31)24(33)30-10-8-29(9-11-30)23(32)16-6-4-3-5-7-16/h3-7,12-14,27H,8-11H2,1-2H3. The van der Waals surface area contributed by atoms with E-state index in [1.165, 1.54) is 16.2 Å². The van der Waals surface area contributed by atoms with Gasteiger partial charge < -0.3 is 14.8 Å². The first-order valence-corrected chi connectivity index (χ1v) is 13.2. The number of carbonyl (C=O) groups excluding carboxylic acids is 3. The fourth-order valence-corrected chi connectivity index (χ4v) is 5.68. The van der Waals surface area contributed by atoms with Crippen molar-refractivity contribution in [3.8, 4) is 10.6 Å². The van der Waals surface area contributed by atoms with Crippen LogP contribution in [0.25, 0.3) is 21.5 Å². The topological polar surface area (TPSA) is 99.3 Å². The molecule has 1 N–H and O–H groups in total. The van der Waals surface area contributed by atoms with Gasteiger partial charge in [0.15, 0.2) is 0 Å². The van der Waals surface area contributed by atoms with Crippen molar-refractivity contribution in [2.75, 3.05) is 32.4 Å². The molecule has 10 heteroatoms. The Labute approximate surface area is 210 Å².